The Kier molecular flexibility index (Phi) is 5.74. The molecule has 0 aromatic heterocycles. The van der Waals surface area contributed by atoms with E-state index in [1.807, 2.05) is 36.4 Å². The van der Waals surface area contributed by atoms with Crippen LogP contribution in [0.1, 0.15) is 36.7 Å². The summed E-state index contributed by atoms with van der Waals surface area (Å²) in [6.07, 6.45) is -0.180. The van der Waals surface area contributed by atoms with Gasteiger partial charge in [0.1, 0.15) is 5.60 Å². The number of nitrogens with one attached hydrogen (secondary N) is 1. The molecule has 0 saturated carbocycles. The van der Waals surface area contributed by atoms with Gasteiger partial charge in [-0.05, 0) is 26.3 Å². The second kappa shape index (κ2) is 7.77. The number of ketones is 1. The van der Waals surface area contributed by atoms with Crippen molar-refractivity contribution in [1.29, 1.82) is 0 Å². The van der Waals surface area contributed by atoms with Crippen molar-refractivity contribution in [1.82, 2.24) is 5.32 Å². The van der Waals surface area contributed by atoms with Gasteiger partial charge in [0, 0.05) is 12.0 Å². The lowest BCUT2D eigenvalue weighted by Gasteiger charge is -2.23. The molecule has 126 valence electrons. The van der Waals surface area contributed by atoms with Crippen LogP contribution in [-0.2, 0) is 11.2 Å². The molecule has 2 aromatic rings. The largest absolute Gasteiger partial charge is 0.444 e. The van der Waals surface area contributed by atoms with Gasteiger partial charge in [-0.2, -0.15) is 0 Å². The van der Waals surface area contributed by atoms with Crippen LogP contribution >= 0.6 is 0 Å². The molecule has 0 radical (unpaired) electrons. The van der Waals surface area contributed by atoms with Gasteiger partial charge in [-0.25, -0.2) is 4.79 Å². The second-order valence-electron chi connectivity index (χ2n) is 6.62. The number of amides is 1. The Morgan fingerprint density at radius 1 is 0.958 bits per heavy atom. The highest BCUT2D eigenvalue weighted by molar-refractivity contribution is 6.01. The van der Waals surface area contributed by atoms with E-state index < -0.39 is 17.7 Å². The van der Waals surface area contributed by atoms with Crippen LogP contribution in [0.25, 0.3) is 0 Å². The van der Waals surface area contributed by atoms with Gasteiger partial charge in [0.2, 0.25) is 0 Å². The molecule has 2 rings (SSSR count). The molecule has 2 aromatic carbocycles. The highest BCUT2D eigenvalue weighted by atomic mass is 16.6. The summed E-state index contributed by atoms with van der Waals surface area (Å²) in [5.74, 6) is -0.134. The molecule has 0 saturated heterocycles. The molecule has 1 amide bonds. The zero-order valence-corrected chi connectivity index (χ0v) is 14.3. The van der Waals surface area contributed by atoms with Crippen LogP contribution in [0.2, 0.25) is 0 Å². The monoisotopic (exact) mass is 325 g/mol. The quantitative estimate of drug-likeness (QED) is 0.845. The lowest BCUT2D eigenvalue weighted by molar-refractivity contribution is 0.0491. The first-order chi connectivity index (χ1) is 11.3. The van der Waals surface area contributed by atoms with Gasteiger partial charge >= 0.3 is 6.09 Å². The fraction of sp³-hybridized carbons (Fsp3) is 0.300. The molecule has 0 aliphatic heterocycles. The van der Waals surface area contributed by atoms with Gasteiger partial charge in [0.15, 0.2) is 5.78 Å². The minimum absolute atomic E-state index is 0.134. The Morgan fingerprint density at radius 3 is 2.04 bits per heavy atom. The van der Waals surface area contributed by atoms with Crippen LogP contribution in [0.5, 0.6) is 0 Å². The van der Waals surface area contributed by atoms with E-state index in [2.05, 4.69) is 5.32 Å². The minimum atomic E-state index is -0.676. The first-order valence-corrected chi connectivity index (χ1v) is 7.98. The minimum Gasteiger partial charge on any atom is -0.444 e. The number of rotatable bonds is 5. The van der Waals surface area contributed by atoms with E-state index in [9.17, 15) is 9.59 Å². The van der Waals surface area contributed by atoms with Gasteiger partial charge in [-0.3, -0.25) is 4.79 Å². The van der Waals surface area contributed by atoms with Crippen LogP contribution in [0, 0.1) is 0 Å². The van der Waals surface area contributed by atoms with Crippen molar-refractivity contribution in [3.8, 4) is 0 Å². The van der Waals surface area contributed by atoms with Gasteiger partial charge in [-0.15, -0.1) is 0 Å². The predicted molar refractivity (Wildman–Crippen MR) is 94.1 cm³/mol. The van der Waals surface area contributed by atoms with Crippen molar-refractivity contribution in [2.75, 3.05) is 0 Å². The average Bonchev–Trinajstić information content (AvgIpc) is 2.53. The molecule has 1 N–H and O–H groups in total. The number of alkyl carbamates (subject to hydrolysis) is 1. The maximum absolute atomic E-state index is 12.8. The molecule has 1 atom stereocenters. The zero-order chi connectivity index (χ0) is 17.6. The Balaban J connectivity index is 2.18. The molecule has 0 fully saturated rings. The van der Waals surface area contributed by atoms with Gasteiger partial charge in [0.05, 0.1) is 6.04 Å². The summed E-state index contributed by atoms with van der Waals surface area (Å²) in [7, 11) is 0. The predicted octanol–water partition coefficient (Wildman–Crippen LogP) is 4.01. The van der Waals surface area contributed by atoms with E-state index in [-0.39, 0.29) is 5.78 Å². The molecule has 4 nitrogen and oxygen atoms in total. The molecular weight excluding hydrogens is 302 g/mol. The van der Waals surface area contributed by atoms with E-state index >= 15 is 0 Å². The number of benzene rings is 2. The number of carbonyl (C=O) groups is 2. The molecule has 24 heavy (non-hydrogen) atoms. The third kappa shape index (κ3) is 5.54. The molecule has 0 bridgehead atoms. The fourth-order valence-electron chi connectivity index (χ4n) is 2.31. The Hall–Kier alpha value is -2.62. The lowest BCUT2D eigenvalue weighted by Crippen LogP contribution is -2.44. The van der Waals surface area contributed by atoms with Crippen molar-refractivity contribution in [3.05, 3.63) is 71.8 Å². The Bertz CT molecular complexity index is 675. The van der Waals surface area contributed by atoms with E-state index in [4.69, 9.17) is 4.74 Å². The Morgan fingerprint density at radius 2 is 1.50 bits per heavy atom. The van der Waals surface area contributed by atoms with Crippen LogP contribution in [0.4, 0.5) is 4.79 Å². The fourth-order valence-corrected chi connectivity index (χ4v) is 2.31. The standard InChI is InChI=1S/C20H23NO3/c1-20(2,3)24-19(23)21-17(14-15-10-6-4-7-11-15)18(22)16-12-8-5-9-13-16/h4-13,17H,14H2,1-3H3,(H,21,23)/t17-/m0/s1. The Labute approximate surface area is 142 Å². The van der Waals surface area contributed by atoms with Gasteiger partial charge < -0.3 is 10.1 Å². The van der Waals surface area contributed by atoms with Crippen molar-refractivity contribution in [2.24, 2.45) is 0 Å². The molecular formula is C20H23NO3. The SMILES string of the molecule is CC(C)(C)OC(=O)N[C@@H](Cc1ccccc1)C(=O)c1ccccc1. The zero-order valence-electron chi connectivity index (χ0n) is 14.3. The molecule has 0 aliphatic rings. The molecule has 0 heterocycles. The van der Waals surface area contributed by atoms with Crippen LogP contribution in [0.3, 0.4) is 0 Å². The van der Waals surface area contributed by atoms with E-state index in [0.29, 0.717) is 12.0 Å². The maximum Gasteiger partial charge on any atom is 0.408 e. The second-order valence-corrected chi connectivity index (χ2v) is 6.62. The smallest absolute Gasteiger partial charge is 0.408 e. The van der Waals surface area contributed by atoms with Crippen LogP contribution in [0.15, 0.2) is 60.7 Å². The number of ether oxygens (including phenoxy) is 1. The van der Waals surface area contributed by atoms with E-state index in [1.165, 1.54) is 0 Å². The van der Waals surface area contributed by atoms with Gasteiger partial charge in [-0.1, -0.05) is 60.7 Å². The highest BCUT2D eigenvalue weighted by Crippen LogP contribution is 2.12. The van der Waals surface area contributed by atoms with E-state index in [0.717, 1.165) is 5.56 Å². The average molecular weight is 325 g/mol. The lowest BCUT2D eigenvalue weighted by atomic mass is 9.98. The first-order valence-electron chi connectivity index (χ1n) is 7.98. The van der Waals surface area contributed by atoms with Crippen molar-refractivity contribution < 1.29 is 14.3 Å². The van der Waals surface area contributed by atoms with E-state index in [1.54, 1.807) is 45.0 Å². The number of Topliss-reactive ketones (excluding diaryl/α,β-unsaturated/α-hetero) is 1. The summed E-state index contributed by atoms with van der Waals surface area (Å²) >= 11 is 0. The summed E-state index contributed by atoms with van der Waals surface area (Å²) in [5, 5.41) is 2.71. The number of hydrogen-bond acceptors (Lipinski definition) is 3. The molecule has 0 spiro atoms. The topological polar surface area (TPSA) is 55.4 Å². The summed E-state index contributed by atoms with van der Waals surface area (Å²) in [4.78, 5) is 24.9. The van der Waals surface area contributed by atoms with Crippen molar-refractivity contribution in [2.45, 2.75) is 38.8 Å². The summed E-state index contributed by atoms with van der Waals surface area (Å²) in [6.45, 7) is 5.37. The maximum atomic E-state index is 12.8. The summed E-state index contributed by atoms with van der Waals surface area (Å²) < 4.78 is 5.29. The normalized spacial score (nSPS) is 12.3. The van der Waals surface area contributed by atoms with Gasteiger partial charge in [0.25, 0.3) is 0 Å². The first kappa shape index (κ1) is 17.7. The third-order valence-electron chi connectivity index (χ3n) is 3.35. The number of carbonyl (C=O) groups excluding carboxylic acids is 2. The summed E-state index contributed by atoms with van der Waals surface area (Å²) in [6, 6.07) is 17.9. The van der Waals surface area contributed by atoms with Crippen LogP contribution in [-0.4, -0.2) is 23.5 Å². The number of hydrogen-bond donors (Lipinski definition) is 1. The molecule has 4 heteroatoms. The van der Waals surface area contributed by atoms with Crippen molar-refractivity contribution >= 4 is 11.9 Å². The highest BCUT2D eigenvalue weighted by Gasteiger charge is 2.25. The third-order valence-corrected chi connectivity index (χ3v) is 3.35. The molecule has 0 aliphatic carbocycles. The molecule has 0 unspecified atom stereocenters. The van der Waals surface area contributed by atoms with Crippen molar-refractivity contribution in [3.63, 3.8) is 0 Å². The summed E-state index contributed by atoms with van der Waals surface area (Å²) in [5.41, 5.74) is 0.925. The van der Waals surface area contributed by atoms with Crippen LogP contribution < -0.4 is 5.32 Å².